The summed E-state index contributed by atoms with van der Waals surface area (Å²) in [7, 11) is 0. The Hall–Kier alpha value is -3.25. The van der Waals surface area contributed by atoms with E-state index in [4.69, 9.17) is 0 Å². The van der Waals surface area contributed by atoms with Crippen LogP contribution in [0, 0.1) is 11.6 Å². The molecule has 0 radical (unpaired) electrons. The normalized spacial score (nSPS) is 12.7. The fourth-order valence-electron chi connectivity index (χ4n) is 4.11. The second-order valence-electron chi connectivity index (χ2n) is 7.61. The fraction of sp³-hybridized carbons (Fsp3) is 0.160. The molecule has 1 aliphatic carbocycles. The van der Waals surface area contributed by atoms with Crippen LogP contribution in [0.15, 0.2) is 60.2 Å². The Morgan fingerprint density at radius 2 is 1.81 bits per heavy atom. The number of rotatable bonds is 4. The molecule has 0 spiro atoms. The first kappa shape index (κ1) is 19.7. The van der Waals surface area contributed by atoms with Crippen LogP contribution < -0.4 is 0 Å². The number of hydrogen-bond donors (Lipinski definition) is 0. The van der Waals surface area contributed by atoms with Gasteiger partial charge in [0.25, 0.3) is 0 Å². The van der Waals surface area contributed by atoms with Crippen molar-refractivity contribution in [3.05, 3.63) is 94.1 Å². The summed E-state index contributed by atoms with van der Waals surface area (Å²) in [5.74, 6) is -2.26. The largest absolute Gasteiger partial charge is 0.294 e. The first-order valence-corrected chi connectivity index (χ1v) is 11.0. The van der Waals surface area contributed by atoms with Gasteiger partial charge >= 0.3 is 0 Å². The van der Waals surface area contributed by atoms with Crippen LogP contribution >= 0.6 is 11.3 Å². The predicted molar refractivity (Wildman–Crippen MR) is 117 cm³/mol. The molecule has 5 rings (SSSR count). The molecule has 2 heterocycles. The molecule has 2 aromatic carbocycles. The Morgan fingerprint density at radius 1 is 1.00 bits per heavy atom. The van der Waals surface area contributed by atoms with Crippen molar-refractivity contribution in [1.82, 2.24) is 9.97 Å². The smallest absolute Gasteiger partial charge is 0.173 e. The lowest BCUT2D eigenvalue weighted by molar-refractivity contribution is 0.0985. The van der Waals surface area contributed by atoms with Gasteiger partial charge in [0, 0.05) is 35.3 Å². The van der Waals surface area contributed by atoms with E-state index in [9.17, 15) is 13.6 Å². The molecule has 0 unspecified atom stereocenters. The summed E-state index contributed by atoms with van der Waals surface area (Å²) in [6, 6.07) is 11.8. The van der Waals surface area contributed by atoms with Crippen molar-refractivity contribution in [1.29, 1.82) is 0 Å². The number of benzene rings is 2. The number of thiazole rings is 1. The zero-order valence-electron chi connectivity index (χ0n) is 16.6. The van der Waals surface area contributed by atoms with E-state index in [1.165, 1.54) is 11.6 Å². The van der Waals surface area contributed by atoms with E-state index in [1.54, 1.807) is 23.7 Å². The Labute approximate surface area is 182 Å². The number of fused-ring (bicyclic) bond motifs is 3. The summed E-state index contributed by atoms with van der Waals surface area (Å²) in [6.07, 6.45) is 6.08. The number of ketones is 1. The molecule has 31 heavy (non-hydrogen) atoms. The molecule has 0 aliphatic heterocycles. The summed E-state index contributed by atoms with van der Waals surface area (Å²) in [5, 5.41) is 2.91. The van der Waals surface area contributed by atoms with Crippen LogP contribution in [0.3, 0.4) is 0 Å². The van der Waals surface area contributed by atoms with Crippen LogP contribution in [0.25, 0.3) is 21.8 Å². The third-order valence-electron chi connectivity index (χ3n) is 5.57. The molecule has 2 aromatic heterocycles. The second-order valence-corrected chi connectivity index (χ2v) is 8.51. The molecular formula is C25H18F2N2OS. The second kappa shape index (κ2) is 8.12. The lowest BCUT2D eigenvalue weighted by atomic mass is 9.97. The number of aryl methyl sites for hydroxylation is 2. The minimum absolute atomic E-state index is 0.0931. The summed E-state index contributed by atoms with van der Waals surface area (Å²) in [5.41, 5.74) is 5.50. The van der Waals surface area contributed by atoms with Crippen molar-refractivity contribution in [2.24, 2.45) is 0 Å². The lowest BCUT2D eigenvalue weighted by Gasteiger charge is -2.12. The first-order chi connectivity index (χ1) is 15.1. The standard InChI is InChI=1S/C25H18F2N2OS/c26-20-5-2-6-21(27)23(20)22(30)12-15-11-17-4-1-3-16-7-8-18(25-28-9-10-31-25)13-19(16)24(17)29-14-15/h2,5-11,13-14H,1,3-4,12H2. The zero-order valence-corrected chi connectivity index (χ0v) is 17.4. The van der Waals surface area contributed by atoms with E-state index in [1.807, 2.05) is 11.4 Å². The molecule has 0 saturated heterocycles. The summed E-state index contributed by atoms with van der Waals surface area (Å²) >= 11 is 1.59. The summed E-state index contributed by atoms with van der Waals surface area (Å²) in [4.78, 5) is 21.6. The Morgan fingerprint density at radius 3 is 2.58 bits per heavy atom. The van der Waals surface area contributed by atoms with Crippen molar-refractivity contribution in [2.45, 2.75) is 25.7 Å². The third kappa shape index (κ3) is 3.79. The van der Waals surface area contributed by atoms with Gasteiger partial charge < -0.3 is 0 Å². The van der Waals surface area contributed by atoms with Gasteiger partial charge in [0.2, 0.25) is 0 Å². The van der Waals surface area contributed by atoms with Gasteiger partial charge in [0.05, 0.1) is 11.3 Å². The number of Topliss-reactive ketones (excluding diaryl/α,β-unsaturated/α-hetero) is 1. The minimum Gasteiger partial charge on any atom is -0.294 e. The van der Waals surface area contributed by atoms with Crippen molar-refractivity contribution >= 4 is 17.1 Å². The third-order valence-corrected chi connectivity index (χ3v) is 6.39. The maximum Gasteiger partial charge on any atom is 0.173 e. The molecule has 0 fully saturated rings. The van der Waals surface area contributed by atoms with Crippen molar-refractivity contribution < 1.29 is 13.6 Å². The molecule has 0 bridgehead atoms. The SMILES string of the molecule is O=C(Cc1cnc2c(c1)CCCc1ccc(-c3nccs3)cc1-2)c1c(F)cccc1F. The average molecular weight is 432 g/mol. The number of carbonyl (C=O) groups excluding carboxylic acids is 1. The molecule has 154 valence electrons. The van der Waals surface area contributed by atoms with Crippen LogP contribution in [0.2, 0.25) is 0 Å². The van der Waals surface area contributed by atoms with Gasteiger partial charge in [-0.05, 0) is 54.2 Å². The number of aromatic nitrogens is 2. The monoisotopic (exact) mass is 432 g/mol. The fourth-order valence-corrected chi connectivity index (χ4v) is 4.75. The van der Waals surface area contributed by atoms with E-state index in [0.29, 0.717) is 5.56 Å². The molecule has 0 N–H and O–H groups in total. The van der Waals surface area contributed by atoms with E-state index >= 15 is 0 Å². The molecule has 0 atom stereocenters. The van der Waals surface area contributed by atoms with Crippen LogP contribution in [-0.2, 0) is 19.3 Å². The van der Waals surface area contributed by atoms with Crippen LogP contribution in [0.4, 0.5) is 8.78 Å². The highest BCUT2D eigenvalue weighted by atomic mass is 32.1. The first-order valence-electron chi connectivity index (χ1n) is 10.1. The van der Waals surface area contributed by atoms with Gasteiger partial charge in [0.15, 0.2) is 5.78 Å². The number of nitrogens with zero attached hydrogens (tertiary/aromatic N) is 2. The molecule has 0 amide bonds. The Bertz CT molecular complexity index is 1260. The highest BCUT2D eigenvalue weighted by Gasteiger charge is 2.20. The van der Waals surface area contributed by atoms with E-state index in [-0.39, 0.29) is 6.42 Å². The van der Waals surface area contributed by atoms with Gasteiger partial charge in [-0.2, -0.15) is 0 Å². The van der Waals surface area contributed by atoms with Crippen molar-refractivity contribution in [3.8, 4) is 21.8 Å². The molecule has 4 aromatic rings. The number of hydrogen-bond acceptors (Lipinski definition) is 4. The van der Waals surface area contributed by atoms with Gasteiger partial charge in [-0.15, -0.1) is 11.3 Å². The van der Waals surface area contributed by atoms with Gasteiger partial charge in [0.1, 0.15) is 16.6 Å². The van der Waals surface area contributed by atoms with Gasteiger partial charge in [-0.3, -0.25) is 9.78 Å². The van der Waals surface area contributed by atoms with E-state index < -0.39 is 23.0 Å². The Balaban J connectivity index is 1.50. The Kier molecular flexibility index (Phi) is 5.16. The summed E-state index contributed by atoms with van der Waals surface area (Å²) < 4.78 is 27.9. The van der Waals surface area contributed by atoms with Crippen LogP contribution in [-0.4, -0.2) is 15.8 Å². The molecule has 3 nitrogen and oxygen atoms in total. The maximum absolute atomic E-state index is 14.0. The van der Waals surface area contributed by atoms with Crippen LogP contribution in [0.5, 0.6) is 0 Å². The van der Waals surface area contributed by atoms with Gasteiger partial charge in [-0.1, -0.05) is 24.3 Å². The molecule has 0 saturated carbocycles. The number of carbonyl (C=O) groups is 1. The summed E-state index contributed by atoms with van der Waals surface area (Å²) in [6.45, 7) is 0. The minimum atomic E-state index is -0.837. The number of pyridine rings is 1. The van der Waals surface area contributed by atoms with Crippen molar-refractivity contribution in [3.63, 3.8) is 0 Å². The van der Waals surface area contributed by atoms with Gasteiger partial charge in [-0.25, -0.2) is 13.8 Å². The zero-order chi connectivity index (χ0) is 21.4. The lowest BCUT2D eigenvalue weighted by Crippen LogP contribution is -2.10. The van der Waals surface area contributed by atoms with Crippen LogP contribution in [0.1, 0.15) is 33.5 Å². The highest BCUT2D eigenvalue weighted by Crippen LogP contribution is 2.35. The predicted octanol–water partition coefficient (Wildman–Crippen LogP) is 6.06. The quantitative estimate of drug-likeness (QED) is 0.368. The van der Waals surface area contributed by atoms with E-state index in [0.717, 1.165) is 58.8 Å². The van der Waals surface area contributed by atoms with E-state index in [2.05, 4.69) is 28.2 Å². The number of halogens is 2. The molecule has 1 aliphatic rings. The highest BCUT2D eigenvalue weighted by molar-refractivity contribution is 7.13. The molecular weight excluding hydrogens is 414 g/mol. The van der Waals surface area contributed by atoms with Crippen molar-refractivity contribution in [2.75, 3.05) is 0 Å². The average Bonchev–Trinajstić information content (AvgIpc) is 3.23. The topological polar surface area (TPSA) is 42.9 Å². The maximum atomic E-state index is 14.0. The molecule has 6 heteroatoms.